The number of nitrogens with one attached hydrogen (secondary N) is 3. The summed E-state index contributed by atoms with van der Waals surface area (Å²) in [7, 11) is 1.60. The molecule has 10 nitrogen and oxygen atoms in total. The van der Waals surface area contributed by atoms with Crippen molar-refractivity contribution >= 4 is 28.6 Å². The number of anilines is 2. The summed E-state index contributed by atoms with van der Waals surface area (Å²) in [6.07, 6.45) is -1.21. The summed E-state index contributed by atoms with van der Waals surface area (Å²) < 4.78 is 6.86. The van der Waals surface area contributed by atoms with Crippen molar-refractivity contribution in [2.45, 2.75) is 13.1 Å². The van der Waals surface area contributed by atoms with E-state index in [0.29, 0.717) is 12.4 Å². The van der Waals surface area contributed by atoms with Crippen molar-refractivity contribution in [1.82, 2.24) is 25.1 Å². The van der Waals surface area contributed by atoms with Crippen molar-refractivity contribution in [3.8, 4) is 5.75 Å². The van der Waals surface area contributed by atoms with Crippen LogP contribution < -0.4 is 20.9 Å². The lowest BCUT2D eigenvalue weighted by atomic mass is 10.2. The van der Waals surface area contributed by atoms with Gasteiger partial charge in [-0.3, -0.25) is 4.79 Å². The number of carboxylic acid groups (broad SMARTS) is 1. The number of amides is 1. The van der Waals surface area contributed by atoms with E-state index in [9.17, 15) is 9.59 Å². The minimum Gasteiger partial charge on any atom is -0.497 e. The quantitative estimate of drug-likeness (QED) is 0.361. The highest BCUT2D eigenvalue weighted by Gasteiger charge is 2.18. The third-order valence-corrected chi connectivity index (χ3v) is 4.59. The van der Waals surface area contributed by atoms with Gasteiger partial charge in [0.1, 0.15) is 22.8 Å². The van der Waals surface area contributed by atoms with E-state index in [0.717, 1.165) is 17.0 Å². The second-order valence-electron chi connectivity index (χ2n) is 6.72. The van der Waals surface area contributed by atoms with E-state index < -0.39 is 11.7 Å². The minimum absolute atomic E-state index is 0.132. The number of rotatable bonds is 7. The van der Waals surface area contributed by atoms with Gasteiger partial charge in [0.25, 0.3) is 5.56 Å². The Morgan fingerprint density at radius 1 is 1.16 bits per heavy atom. The van der Waals surface area contributed by atoms with Gasteiger partial charge in [-0.1, -0.05) is 30.3 Å². The molecular weight excluding hydrogens is 400 g/mol. The summed E-state index contributed by atoms with van der Waals surface area (Å²) in [5.41, 5.74) is 1.55. The Kier molecular flexibility index (Phi) is 5.52. The summed E-state index contributed by atoms with van der Waals surface area (Å²) in [6.45, 7) is 0.255. The molecule has 0 fully saturated rings. The number of fused-ring (bicyclic) bond motifs is 1. The highest BCUT2D eigenvalue weighted by molar-refractivity contribution is 5.88. The zero-order chi connectivity index (χ0) is 21.8. The van der Waals surface area contributed by atoms with E-state index >= 15 is 0 Å². The Morgan fingerprint density at radius 3 is 2.58 bits per heavy atom. The summed E-state index contributed by atoms with van der Waals surface area (Å²) in [6, 6.07) is 16.9. The smallest absolute Gasteiger partial charge is 0.405 e. The lowest BCUT2D eigenvalue weighted by Gasteiger charge is -2.10. The topological polar surface area (TPSA) is 134 Å². The van der Waals surface area contributed by atoms with E-state index in [1.165, 1.54) is 0 Å². The van der Waals surface area contributed by atoms with Crippen LogP contribution in [-0.4, -0.2) is 38.1 Å². The number of hydrogen-bond donors (Lipinski definition) is 4. The summed E-state index contributed by atoms with van der Waals surface area (Å²) in [5.74, 6) is 1.41. The highest BCUT2D eigenvalue weighted by Crippen LogP contribution is 2.24. The molecule has 4 rings (SSSR count). The standard InChI is InChI=1S/C21H20N6O4/c1-31-15-9-7-13(8-10-15)12-27-19(23-14-5-3-2-4-6-14)17-18(26-27)24-16(25-20(17)28)11-22-21(29)30/h2-10,22-23H,11-12H2,1H3,(H,29,30)(H,24,25,26,28). The van der Waals surface area contributed by atoms with Crippen LogP contribution in [0.15, 0.2) is 59.4 Å². The minimum atomic E-state index is -1.21. The van der Waals surface area contributed by atoms with Gasteiger partial charge in [-0.15, -0.1) is 5.10 Å². The van der Waals surface area contributed by atoms with Crippen LogP contribution in [0.1, 0.15) is 11.4 Å². The fourth-order valence-electron chi connectivity index (χ4n) is 3.13. The molecule has 0 bridgehead atoms. The number of methoxy groups -OCH3 is 1. The lowest BCUT2D eigenvalue weighted by molar-refractivity contribution is 0.193. The molecule has 2 aromatic heterocycles. The van der Waals surface area contributed by atoms with Gasteiger partial charge in [-0.2, -0.15) is 0 Å². The zero-order valence-corrected chi connectivity index (χ0v) is 16.6. The van der Waals surface area contributed by atoms with Crippen LogP contribution in [0.2, 0.25) is 0 Å². The van der Waals surface area contributed by atoms with Crippen LogP contribution in [0.5, 0.6) is 5.75 Å². The first kappa shape index (κ1) is 20.0. The Hall–Kier alpha value is -4.34. The molecule has 0 unspecified atom stereocenters. The second-order valence-corrected chi connectivity index (χ2v) is 6.72. The second kappa shape index (κ2) is 8.57. The molecule has 0 saturated carbocycles. The maximum absolute atomic E-state index is 12.8. The number of H-pyrrole nitrogens is 1. The lowest BCUT2D eigenvalue weighted by Crippen LogP contribution is -2.23. The number of ether oxygens (including phenoxy) is 1. The molecule has 10 heteroatoms. The number of carbonyl (C=O) groups is 1. The molecule has 4 N–H and O–H groups in total. The molecule has 0 saturated heterocycles. The van der Waals surface area contributed by atoms with Crippen molar-refractivity contribution in [1.29, 1.82) is 0 Å². The van der Waals surface area contributed by atoms with Crippen LogP contribution in [-0.2, 0) is 13.1 Å². The molecule has 0 aliphatic rings. The third kappa shape index (κ3) is 4.47. The van der Waals surface area contributed by atoms with Gasteiger partial charge >= 0.3 is 6.09 Å². The monoisotopic (exact) mass is 420 g/mol. The fraction of sp³-hybridized carbons (Fsp3) is 0.143. The van der Waals surface area contributed by atoms with Gasteiger partial charge in [-0.05, 0) is 29.8 Å². The predicted octanol–water partition coefficient (Wildman–Crippen LogP) is 2.69. The molecular formula is C21H20N6O4. The molecule has 0 atom stereocenters. The van der Waals surface area contributed by atoms with Crippen LogP contribution in [0.4, 0.5) is 16.3 Å². The summed E-state index contributed by atoms with van der Waals surface area (Å²) in [4.78, 5) is 30.5. The predicted molar refractivity (Wildman–Crippen MR) is 115 cm³/mol. The SMILES string of the molecule is COc1ccc(Cn2nc3nc(CNC(=O)O)[nH]c(=O)c3c2Nc2ccccc2)cc1. The highest BCUT2D eigenvalue weighted by atomic mass is 16.5. The maximum Gasteiger partial charge on any atom is 0.405 e. The normalized spacial score (nSPS) is 10.7. The van der Waals surface area contributed by atoms with E-state index in [1.54, 1.807) is 11.8 Å². The maximum atomic E-state index is 12.8. The molecule has 0 aliphatic carbocycles. The Balaban J connectivity index is 1.77. The van der Waals surface area contributed by atoms with Gasteiger partial charge in [-0.25, -0.2) is 14.5 Å². The molecule has 0 aliphatic heterocycles. The van der Waals surface area contributed by atoms with E-state index in [2.05, 4.69) is 25.7 Å². The molecule has 2 heterocycles. The van der Waals surface area contributed by atoms with Gasteiger partial charge in [0.2, 0.25) is 0 Å². The van der Waals surface area contributed by atoms with Crippen LogP contribution in [0, 0.1) is 0 Å². The van der Waals surface area contributed by atoms with Crippen molar-refractivity contribution in [2.75, 3.05) is 12.4 Å². The van der Waals surface area contributed by atoms with Gasteiger partial charge in [0, 0.05) is 5.69 Å². The molecule has 31 heavy (non-hydrogen) atoms. The Labute approximate surface area is 176 Å². The fourth-order valence-corrected chi connectivity index (χ4v) is 3.13. The molecule has 0 spiro atoms. The van der Waals surface area contributed by atoms with Gasteiger partial charge in [0.15, 0.2) is 5.65 Å². The van der Waals surface area contributed by atoms with Crippen LogP contribution >= 0.6 is 0 Å². The number of hydrogen-bond acceptors (Lipinski definition) is 6. The number of para-hydroxylation sites is 1. The van der Waals surface area contributed by atoms with Crippen LogP contribution in [0.3, 0.4) is 0 Å². The molecule has 1 amide bonds. The Morgan fingerprint density at radius 2 is 1.90 bits per heavy atom. The largest absolute Gasteiger partial charge is 0.497 e. The molecule has 2 aromatic carbocycles. The van der Waals surface area contributed by atoms with Crippen LogP contribution in [0.25, 0.3) is 11.0 Å². The Bertz CT molecular complexity index is 1270. The number of aromatic amines is 1. The first-order chi connectivity index (χ1) is 15.0. The van der Waals surface area contributed by atoms with Crippen molar-refractivity contribution in [3.63, 3.8) is 0 Å². The van der Waals surface area contributed by atoms with E-state index in [1.807, 2.05) is 54.6 Å². The first-order valence-electron chi connectivity index (χ1n) is 9.45. The number of benzene rings is 2. The zero-order valence-electron chi connectivity index (χ0n) is 16.6. The van der Waals surface area contributed by atoms with Crippen molar-refractivity contribution in [3.05, 3.63) is 76.3 Å². The van der Waals surface area contributed by atoms with Gasteiger partial charge < -0.3 is 25.5 Å². The van der Waals surface area contributed by atoms with Crippen molar-refractivity contribution < 1.29 is 14.6 Å². The molecule has 4 aromatic rings. The first-order valence-corrected chi connectivity index (χ1v) is 9.45. The van der Waals surface area contributed by atoms with E-state index in [4.69, 9.17) is 9.84 Å². The average molecular weight is 420 g/mol. The third-order valence-electron chi connectivity index (χ3n) is 4.59. The average Bonchev–Trinajstić information content (AvgIpc) is 3.10. The number of nitrogens with zero attached hydrogens (tertiary/aromatic N) is 3. The summed E-state index contributed by atoms with van der Waals surface area (Å²) in [5, 5.41) is 19.0. The summed E-state index contributed by atoms with van der Waals surface area (Å²) >= 11 is 0. The van der Waals surface area contributed by atoms with E-state index in [-0.39, 0.29) is 23.4 Å². The van der Waals surface area contributed by atoms with Gasteiger partial charge in [0.05, 0.1) is 20.2 Å². The molecule has 158 valence electrons. The number of aromatic nitrogens is 4. The molecule has 0 radical (unpaired) electrons. The van der Waals surface area contributed by atoms with Crippen molar-refractivity contribution in [2.24, 2.45) is 0 Å².